The number of benzene rings is 2. The van der Waals surface area contributed by atoms with Gasteiger partial charge in [0.2, 0.25) is 5.91 Å². The van der Waals surface area contributed by atoms with Gasteiger partial charge in [-0.3, -0.25) is 9.69 Å². The highest BCUT2D eigenvalue weighted by atomic mass is 32.1. The van der Waals surface area contributed by atoms with Gasteiger partial charge in [-0.25, -0.2) is 14.4 Å². The van der Waals surface area contributed by atoms with Crippen molar-refractivity contribution in [3.63, 3.8) is 0 Å². The summed E-state index contributed by atoms with van der Waals surface area (Å²) in [6.45, 7) is 3.81. The molecule has 31 heavy (non-hydrogen) atoms. The number of imidazole rings is 1. The predicted molar refractivity (Wildman–Crippen MR) is 120 cm³/mol. The number of aromatic nitrogens is 3. The second kappa shape index (κ2) is 9.70. The van der Waals surface area contributed by atoms with Crippen molar-refractivity contribution in [2.45, 2.75) is 26.3 Å². The van der Waals surface area contributed by atoms with Crippen LogP contribution < -0.4 is 9.64 Å². The Morgan fingerprint density at radius 2 is 2.06 bits per heavy atom. The van der Waals surface area contributed by atoms with Crippen LogP contribution in [0.4, 0.5) is 9.52 Å². The van der Waals surface area contributed by atoms with Crippen molar-refractivity contribution < 1.29 is 13.9 Å². The van der Waals surface area contributed by atoms with E-state index in [9.17, 15) is 9.18 Å². The van der Waals surface area contributed by atoms with Crippen LogP contribution >= 0.6 is 11.3 Å². The molecule has 6 nitrogen and oxygen atoms in total. The van der Waals surface area contributed by atoms with Crippen molar-refractivity contribution in [1.29, 1.82) is 0 Å². The average molecular weight is 439 g/mol. The fraction of sp³-hybridized carbons (Fsp3) is 0.261. The summed E-state index contributed by atoms with van der Waals surface area (Å²) in [5.74, 6) is 0.403. The van der Waals surface area contributed by atoms with Crippen molar-refractivity contribution in [3.05, 3.63) is 72.6 Å². The topological polar surface area (TPSA) is 60.2 Å². The summed E-state index contributed by atoms with van der Waals surface area (Å²) < 4.78 is 21.8. The average Bonchev–Trinajstić information content (AvgIpc) is 3.42. The van der Waals surface area contributed by atoms with Gasteiger partial charge in [-0.2, -0.15) is 0 Å². The van der Waals surface area contributed by atoms with E-state index in [1.165, 1.54) is 23.5 Å². The molecule has 0 bridgehead atoms. The lowest BCUT2D eigenvalue weighted by Crippen LogP contribution is -2.33. The number of rotatable bonds is 9. The molecule has 0 aliphatic heterocycles. The van der Waals surface area contributed by atoms with Crippen molar-refractivity contribution in [2.24, 2.45) is 0 Å². The lowest BCUT2D eigenvalue weighted by atomic mass is 10.1. The number of anilines is 1. The van der Waals surface area contributed by atoms with Crippen LogP contribution in [0.3, 0.4) is 0 Å². The maximum absolute atomic E-state index is 13.2. The van der Waals surface area contributed by atoms with Gasteiger partial charge < -0.3 is 9.30 Å². The Kier molecular flexibility index (Phi) is 6.57. The quantitative estimate of drug-likeness (QED) is 0.380. The van der Waals surface area contributed by atoms with Gasteiger partial charge in [-0.05, 0) is 49.2 Å². The molecule has 0 radical (unpaired) electrons. The molecular weight excluding hydrogens is 415 g/mol. The Labute approximate surface area is 183 Å². The van der Waals surface area contributed by atoms with Gasteiger partial charge >= 0.3 is 0 Å². The van der Waals surface area contributed by atoms with Crippen molar-refractivity contribution in [1.82, 2.24) is 14.5 Å². The number of carbonyl (C=O) groups excluding carboxylic acids is 1. The Morgan fingerprint density at radius 1 is 1.23 bits per heavy atom. The third-order valence-electron chi connectivity index (χ3n) is 4.82. The fourth-order valence-electron chi connectivity index (χ4n) is 3.29. The fourth-order valence-corrected chi connectivity index (χ4v) is 4.33. The van der Waals surface area contributed by atoms with Crippen LogP contribution in [0.5, 0.6) is 5.75 Å². The van der Waals surface area contributed by atoms with Crippen LogP contribution in [0.25, 0.3) is 10.2 Å². The lowest BCUT2D eigenvalue weighted by Gasteiger charge is -2.20. The first-order chi connectivity index (χ1) is 15.1. The van der Waals surface area contributed by atoms with Crippen molar-refractivity contribution in [2.75, 3.05) is 18.1 Å². The van der Waals surface area contributed by atoms with E-state index in [1.807, 2.05) is 35.9 Å². The number of aryl methyl sites for hydroxylation is 1. The van der Waals surface area contributed by atoms with E-state index in [0.29, 0.717) is 18.3 Å². The summed E-state index contributed by atoms with van der Waals surface area (Å²) in [6, 6.07) is 11.8. The van der Waals surface area contributed by atoms with Crippen LogP contribution in [0, 0.1) is 5.82 Å². The molecule has 1 amide bonds. The summed E-state index contributed by atoms with van der Waals surface area (Å²) in [7, 11) is 0. The van der Waals surface area contributed by atoms with E-state index in [0.717, 1.165) is 34.5 Å². The minimum atomic E-state index is -0.315. The van der Waals surface area contributed by atoms with Crippen LogP contribution in [-0.2, 0) is 17.8 Å². The van der Waals surface area contributed by atoms with Gasteiger partial charge in [0.15, 0.2) is 5.13 Å². The second-order valence-corrected chi connectivity index (χ2v) is 8.07. The molecular formula is C23H23FN4O2S. The molecule has 0 fully saturated rings. The molecule has 4 rings (SSSR count). The number of fused-ring (bicyclic) bond motifs is 1. The van der Waals surface area contributed by atoms with E-state index < -0.39 is 0 Å². The summed E-state index contributed by atoms with van der Waals surface area (Å²) in [4.78, 5) is 23.7. The lowest BCUT2D eigenvalue weighted by molar-refractivity contribution is -0.118. The van der Waals surface area contributed by atoms with Crippen molar-refractivity contribution >= 4 is 32.6 Å². The second-order valence-electron chi connectivity index (χ2n) is 7.06. The number of hydrogen-bond donors (Lipinski definition) is 0. The third-order valence-corrected chi connectivity index (χ3v) is 5.86. The summed E-state index contributed by atoms with van der Waals surface area (Å²) in [5, 5.41) is 0.654. The highest BCUT2D eigenvalue weighted by Gasteiger charge is 2.20. The molecule has 0 aliphatic carbocycles. The first kappa shape index (κ1) is 21.0. The van der Waals surface area contributed by atoms with Crippen LogP contribution in [0.15, 0.2) is 61.2 Å². The SMILES string of the molecule is CCOc1ccc2nc(N(CCCn3ccnc3)C(=O)Cc3ccc(F)cc3)sc2c1. The van der Waals surface area contributed by atoms with Gasteiger partial charge in [-0.15, -0.1) is 0 Å². The van der Waals surface area contributed by atoms with Gasteiger partial charge in [0.05, 0.1) is 29.6 Å². The van der Waals surface area contributed by atoms with Crippen LogP contribution in [-0.4, -0.2) is 33.6 Å². The zero-order valence-corrected chi connectivity index (χ0v) is 18.0. The van der Waals surface area contributed by atoms with Crippen LogP contribution in [0.2, 0.25) is 0 Å². The number of carbonyl (C=O) groups is 1. The molecule has 2 aromatic carbocycles. The number of ether oxygens (including phenoxy) is 1. The Balaban J connectivity index is 1.56. The van der Waals surface area contributed by atoms with E-state index >= 15 is 0 Å². The number of hydrogen-bond acceptors (Lipinski definition) is 5. The number of thiazole rings is 1. The Bertz CT molecular complexity index is 1140. The molecule has 0 aliphatic rings. The number of nitrogens with zero attached hydrogens (tertiary/aromatic N) is 4. The van der Waals surface area contributed by atoms with E-state index in [4.69, 9.17) is 9.72 Å². The maximum atomic E-state index is 13.2. The summed E-state index contributed by atoms with van der Waals surface area (Å²) in [5.41, 5.74) is 1.60. The monoisotopic (exact) mass is 438 g/mol. The molecule has 8 heteroatoms. The molecule has 0 N–H and O–H groups in total. The molecule has 0 saturated heterocycles. The van der Waals surface area contributed by atoms with Crippen molar-refractivity contribution in [3.8, 4) is 5.75 Å². The van der Waals surface area contributed by atoms with E-state index in [2.05, 4.69) is 4.98 Å². The smallest absolute Gasteiger partial charge is 0.233 e. The van der Waals surface area contributed by atoms with E-state index in [-0.39, 0.29) is 18.1 Å². The zero-order chi connectivity index (χ0) is 21.6. The highest BCUT2D eigenvalue weighted by molar-refractivity contribution is 7.22. The normalized spacial score (nSPS) is 11.0. The van der Waals surface area contributed by atoms with Gasteiger partial charge in [0.1, 0.15) is 11.6 Å². The molecule has 2 heterocycles. The molecule has 0 unspecified atom stereocenters. The molecule has 2 aromatic heterocycles. The van der Waals surface area contributed by atoms with Gasteiger partial charge in [-0.1, -0.05) is 23.5 Å². The summed E-state index contributed by atoms with van der Waals surface area (Å²) >= 11 is 1.47. The molecule has 0 saturated carbocycles. The zero-order valence-electron chi connectivity index (χ0n) is 17.2. The molecule has 0 spiro atoms. The van der Waals surface area contributed by atoms with E-state index in [1.54, 1.807) is 29.6 Å². The molecule has 4 aromatic rings. The van der Waals surface area contributed by atoms with Crippen LogP contribution in [0.1, 0.15) is 18.9 Å². The highest BCUT2D eigenvalue weighted by Crippen LogP contribution is 2.32. The predicted octanol–water partition coefficient (Wildman–Crippen LogP) is 4.70. The Morgan fingerprint density at radius 3 is 2.81 bits per heavy atom. The first-order valence-electron chi connectivity index (χ1n) is 10.2. The number of halogens is 1. The largest absolute Gasteiger partial charge is 0.494 e. The van der Waals surface area contributed by atoms with Gasteiger partial charge in [0, 0.05) is 25.5 Å². The molecule has 160 valence electrons. The maximum Gasteiger partial charge on any atom is 0.233 e. The Hall–Kier alpha value is -3.26. The molecule has 0 atom stereocenters. The minimum absolute atomic E-state index is 0.0682. The first-order valence-corrected chi connectivity index (χ1v) is 11.0. The number of amides is 1. The summed E-state index contributed by atoms with van der Waals surface area (Å²) in [6.07, 6.45) is 6.34. The third kappa shape index (κ3) is 5.27. The minimum Gasteiger partial charge on any atom is -0.494 e. The van der Waals surface area contributed by atoms with Gasteiger partial charge in [0.25, 0.3) is 0 Å². The standard InChI is InChI=1S/C23H23FN4O2S/c1-2-30-19-8-9-20-21(15-19)31-23(26-20)28(12-3-11-27-13-10-25-16-27)22(29)14-17-4-6-18(24)7-5-17/h4-10,13,15-16H,2-3,11-12,14H2,1H3.